The Bertz CT molecular complexity index is 1230. The van der Waals surface area contributed by atoms with Gasteiger partial charge in [-0.1, -0.05) is 30.7 Å². The molecular formula is C25H27N3O5. The van der Waals surface area contributed by atoms with Crippen molar-refractivity contribution in [2.75, 3.05) is 13.7 Å². The lowest BCUT2D eigenvalue weighted by Crippen LogP contribution is -2.22. The van der Waals surface area contributed by atoms with Crippen molar-refractivity contribution >= 4 is 28.7 Å². The summed E-state index contributed by atoms with van der Waals surface area (Å²) >= 11 is 0. The molecule has 2 aromatic carbocycles. The molecule has 2 amide bonds. The van der Waals surface area contributed by atoms with Crippen LogP contribution in [0.1, 0.15) is 52.4 Å². The van der Waals surface area contributed by atoms with Crippen molar-refractivity contribution in [3.05, 3.63) is 64.8 Å². The number of primary amides is 2. The maximum atomic E-state index is 12.5. The van der Waals surface area contributed by atoms with Crippen LogP contribution in [0.5, 0.6) is 5.75 Å². The van der Waals surface area contributed by atoms with Gasteiger partial charge < -0.3 is 25.5 Å². The molecule has 33 heavy (non-hydrogen) atoms. The van der Waals surface area contributed by atoms with Crippen LogP contribution in [0, 0.1) is 0 Å². The van der Waals surface area contributed by atoms with E-state index in [9.17, 15) is 14.4 Å². The topological polar surface area (TPSA) is 127 Å². The zero-order chi connectivity index (χ0) is 23.5. The van der Waals surface area contributed by atoms with Crippen LogP contribution in [-0.4, -0.2) is 36.1 Å². The molecule has 1 atom stereocenters. The summed E-state index contributed by atoms with van der Waals surface area (Å²) in [4.78, 5) is 36.2. The van der Waals surface area contributed by atoms with Crippen LogP contribution in [-0.2, 0) is 27.3 Å². The van der Waals surface area contributed by atoms with Crippen molar-refractivity contribution in [3.63, 3.8) is 0 Å². The van der Waals surface area contributed by atoms with E-state index in [-0.39, 0.29) is 6.61 Å². The highest BCUT2D eigenvalue weighted by Gasteiger charge is 2.31. The molecule has 1 unspecified atom stereocenters. The Balaban J connectivity index is 1.94. The number of rotatable bonds is 7. The minimum Gasteiger partial charge on any atom is -0.481 e. The monoisotopic (exact) mass is 449 g/mol. The van der Waals surface area contributed by atoms with Crippen molar-refractivity contribution in [2.45, 2.75) is 38.1 Å². The number of aromatic nitrogens is 1. The number of ether oxygens (including phenoxy) is 2. The molecule has 8 heteroatoms. The lowest BCUT2D eigenvalue weighted by atomic mass is 9.92. The van der Waals surface area contributed by atoms with E-state index in [0.29, 0.717) is 24.3 Å². The Kier molecular flexibility index (Phi) is 6.35. The highest BCUT2D eigenvalue weighted by molar-refractivity contribution is 5.97. The van der Waals surface area contributed by atoms with Crippen molar-refractivity contribution < 1.29 is 23.9 Å². The first kappa shape index (κ1) is 22.4. The van der Waals surface area contributed by atoms with Gasteiger partial charge in [-0.25, -0.2) is 4.79 Å². The molecule has 8 nitrogen and oxygen atoms in total. The molecule has 4 rings (SSSR count). The fourth-order valence-electron chi connectivity index (χ4n) is 4.73. The van der Waals surface area contributed by atoms with Gasteiger partial charge in [0, 0.05) is 23.2 Å². The molecule has 1 aliphatic rings. The van der Waals surface area contributed by atoms with Crippen molar-refractivity contribution in [1.82, 2.24) is 4.57 Å². The molecule has 1 heterocycles. The van der Waals surface area contributed by atoms with Gasteiger partial charge in [-0.3, -0.25) is 9.59 Å². The third-order valence-electron chi connectivity index (χ3n) is 6.23. The third-order valence-corrected chi connectivity index (χ3v) is 6.23. The average molecular weight is 450 g/mol. The first-order valence-corrected chi connectivity index (χ1v) is 10.9. The number of hydrogen-bond donors (Lipinski definition) is 2. The molecule has 1 aromatic heterocycles. The summed E-state index contributed by atoms with van der Waals surface area (Å²) in [7, 11) is 1.30. The number of nitrogens with two attached hydrogens (primary N) is 2. The van der Waals surface area contributed by atoms with Gasteiger partial charge in [0.25, 0.3) is 0 Å². The molecular weight excluding hydrogens is 422 g/mol. The lowest BCUT2D eigenvalue weighted by molar-refractivity contribution is -0.142. The van der Waals surface area contributed by atoms with Crippen LogP contribution in [0.2, 0.25) is 0 Å². The van der Waals surface area contributed by atoms with E-state index in [0.717, 1.165) is 47.0 Å². The van der Waals surface area contributed by atoms with Gasteiger partial charge >= 0.3 is 5.97 Å². The molecule has 0 fully saturated rings. The SMILES string of the molecule is COC(=O)COc1cccc2c1c1c(n2Cc2ccccc2C(N)=O)CCCCC1C(N)=O. The van der Waals surface area contributed by atoms with Crippen molar-refractivity contribution in [1.29, 1.82) is 0 Å². The summed E-state index contributed by atoms with van der Waals surface area (Å²) in [5, 5.41) is 0.763. The van der Waals surface area contributed by atoms with E-state index >= 15 is 0 Å². The molecule has 0 saturated carbocycles. The summed E-state index contributed by atoms with van der Waals surface area (Å²) in [6, 6.07) is 12.8. The second kappa shape index (κ2) is 9.36. The molecule has 3 aromatic rings. The Hall–Kier alpha value is -3.81. The molecule has 172 valence electrons. The fraction of sp³-hybridized carbons (Fsp3) is 0.320. The smallest absolute Gasteiger partial charge is 0.343 e. The van der Waals surface area contributed by atoms with Gasteiger partial charge in [0.2, 0.25) is 11.8 Å². The maximum absolute atomic E-state index is 12.5. The van der Waals surface area contributed by atoms with Gasteiger partial charge in [-0.05, 0) is 48.6 Å². The Morgan fingerprint density at radius 2 is 1.85 bits per heavy atom. The van der Waals surface area contributed by atoms with E-state index < -0.39 is 23.7 Å². The second-order valence-electron chi connectivity index (χ2n) is 8.18. The number of benzene rings is 2. The molecule has 4 N–H and O–H groups in total. The predicted molar refractivity (Wildman–Crippen MR) is 123 cm³/mol. The summed E-state index contributed by atoms with van der Waals surface area (Å²) in [5.74, 6) is -1.37. The Labute approximate surface area is 191 Å². The largest absolute Gasteiger partial charge is 0.481 e. The van der Waals surface area contributed by atoms with E-state index in [4.69, 9.17) is 20.9 Å². The first-order chi connectivity index (χ1) is 15.9. The molecule has 0 radical (unpaired) electrons. The lowest BCUT2D eigenvalue weighted by Gasteiger charge is -2.15. The number of hydrogen-bond acceptors (Lipinski definition) is 5. The summed E-state index contributed by atoms with van der Waals surface area (Å²) in [5.41, 5.74) is 15.4. The van der Waals surface area contributed by atoms with Gasteiger partial charge in [-0.15, -0.1) is 0 Å². The van der Waals surface area contributed by atoms with Gasteiger partial charge in [0.1, 0.15) is 5.75 Å². The van der Waals surface area contributed by atoms with E-state index in [2.05, 4.69) is 4.57 Å². The van der Waals surface area contributed by atoms with E-state index in [1.807, 2.05) is 24.3 Å². The molecule has 0 bridgehead atoms. The number of methoxy groups -OCH3 is 1. The standard InChI is InChI=1S/C25H27N3O5/c1-32-21(29)14-33-20-12-6-11-19-23(20)22-17(25(27)31)9-4-5-10-18(22)28(19)13-15-7-2-3-8-16(15)24(26)30/h2-3,6-8,11-12,17H,4-5,9-10,13-14H2,1H3,(H2,26,30)(H2,27,31). The fourth-order valence-corrected chi connectivity index (χ4v) is 4.73. The first-order valence-electron chi connectivity index (χ1n) is 10.9. The quantitative estimate of drug-likeness (QED) is 0.423. The number of amides is 2. The van der Waals surface area contributed by atoms with Crippen LogP contribution >= 0.6 is 0 Å². The summed E-state index contributed by atoms with van der Waals surface area (Å²) < 4.78 is 12.6. The number of carbonyl (C=O) groups excluding carboxylic acids is 3. The number of fused-ring (bicyclic) bond motifs is 3. The minimum atomic E-state index is -0.501. The van der Waals surface area contributed by atoms with Crippen LogP contribution in [0.15, 0.2) is 42.5 Å². The average Bonchev–Trinajstić information content (AvgIpc) is 2.96. The predicted octanol–water partition coefficient (Wildman–Crippen LogP) is 2.64. The maximum Gasteiger partial charge on any atom is 0.343 e. The Morgan fingerprint density at radius 1 is 1.06 bits per heavy atom. The third kappa shape index (κ3) is 4.28. The van der Waals surface area contributed by atoms with Crippen LogP contribution in [0.3, 0.4) is 0 Å². The van der Waals surface area contributed by atoms with Gasteiger partial charge in [-0.2, -0.15) is 0 Å². The van der Waals surface area contributed by atoms with Crippen LogP contribution < -0.4 is 16.2 Å². The normalized spacial score (nSPS) is 15.5. The minimum absolute atomic E-state index is 0.249. The Morgan fingerprint density at radius 3 is 2.58 bits per heavy atom. The van der Waals surface area contributed by atoms with Crippen LogP contribution in [0.4, 0.5) is 0 Å². The number of esters is 1. The summed E-state index contributed by atoms with van der Waals surface area (Å²) in [6.07, 6.45) is 3.17. The highest BCUT2D eigenvalue weighted by atomic mass is 16.6. The van der Waals surface area contributed by atoms with Gasteiger partial charge in [0.15, 0.2) is 6.61 Å². The number of nitrogens with zero attached hydrogens (tertiary/aromatic N) is 1. The van der Waals surface area contributed by atoms with Crippen molar-refractivity contribution in [3.8, 4) is 5.75 Å². The second-order valence-corrected chi connectivity index (χ2v) is 8.18. The number of carbonyl (C=O) groups is 3. The zero-order valence-corrected chi connectivity index (χ0v) is 18.5. The van der Waals surface area contributed by atoms with Gasteiger partial charge in [0.05, 0.1) is 18.5 Å². The molecule has 0 aliphatic heterocycles. The molecule has 0 spiro atoms. The summed E-state index contributed by atoms with van der Waals surface area (Å²) in [6.45, 7) is 0.151. The highest BCUT2D eigenvalue weighted by Crippen LogP contribution is 2.42. The van der Waals surface area contributed by atoms with Crippen LogP contribution in [0.25, 0.3) is 10.9 Å². The molecule has 0 saturated heterocycles. The van der Waals surface area contributed by atoms with Crippen molar-refractivity contribution in [2.24, 2.45) is 11.5 Å². The molecule has 1 aliphatic carbocycles. The zero-order valence-electron chi connectivity index (χ0n) is 18.5. The van der Waals surface area contributed by atoms with E-state index in [1.165, 1.54) is 7.11 Å². The van der Waals surface area contributed by atoms with E-state index in [1.54, 1.807) is 18.2 Å².